The topological polar surface area (TPSA) is 78.9 Å². The Morgan fingerprint density at radius 1 is 1.07 bits per heavy atom. The minimum atomic E-state index is -0.957. The van der Waals surface area contributed by atoms with Gasteiger partial charge in [0.15, 0.2) is 0 Å². The summed E-state index contributed by atoms with van der Waals surface area (Å²) in [6.07, 6.45) is 1.73. The molecular weight excluding hydrogens is 344 g/mol. The first-order valence-corrected chi connectivity index (χ1v) is 9.09. The van der Waals surface area contributed by atoms with Gasteiger partial charge in [0.1, 0.15) is 11.9 Å². The number of carboxylic acid groups (broad SMARTS) is 1. The quantitative estimate of drug-likeness (QED) is 0.847. The van der Waals surface area contributed by atoms with Crippen molar-refractivity contribution >= 4 is 12.0 Å². The first-order valence-electron chi connectivity index (χ1n) is 9.09. The van der Waals surface area contributed by atoms with Crippen LogP contribution in [-0.2, 0) is 6.54 Å². The van der Waals surface area contributed by atoms with Gasteiger partial charge in [-0.05, 0) is 36.8 Å². The number of aromatic carboxylic acids is 1. The number of ether oxygens (including phenoxy) is 1. The molecule has 0 aromatic heterocycles. The van der Waals surface area contributed by atoms with Crippen LogP contribution in [0.2, 0.25) is 0 Å². The summed E-state index contributed by atoms with van der Waals surface area (Å²) in [4.78, 5) is 25.0. The zero-order valence-electron chi connectivity index (χ0n) is 15.4. The van der Waals surface area contributed by atoms with Crippen LogP contribution in [0, 0.1) is 6.92 Å². The molecular formula is C21H24N2O4. The van der Waals surface area contributed by atoms with Gasteiger partial charge in [-0.3, -0.25) is 0 Å². The first-order chi connectivity index (χ1) is 13.0. The molecule has 0 radical (unpaired) electrons. The summed E-state index contributed by atoms with van der Waals surface area (Å²) >= 11 is 0. The Kier molecular flexibility index (Phi) is 5.96. The number of carbonyl (C=O) groups is 2. The third-order valence-corrected chi connectivity index (χ3v) is 4.70. The average Bonchev–Trinajstić information content (AvgIpc) is 2.69. The summed E-state index contributed by atoms with van der Waals surface area (Å²) in [5.74, 6) is -0.0883. The zero-order chi connectivity index (χ0) is 19.2. The summed E-state index contributed by atoms with van der Waals surface area (Å²) in [7, 11) is 0. The molecule has 6 nitrogen and oxygen atoms in total. The highest BCUT2D eigenvalue weighted by atomic mass is 16.5. The van der Waals surface area contributed by atoms with Crippen molar-refractivity contribution in [2.24, 2.45) is 0 Å². The van der Waals surface area contributed by atoms with Gasteiger partial charge in [0.2, 0.25) is 0 Å². The predicted molar refractivity (Wildman–Crippen MR) is 102 cm³/mol. The van der Waals surface area contributed by atoms with Gasteiger partial charge in [0, 0.05) is 32.5 Å². The number of rotatable bonds is 5. The van der Waals surface area contributed by atoms with Crippen LogP contribution in [0.15, 0.2) is 48.5 Å². The number of aryl methyl sites for hydroxylation is 1. The summed E-state index contributed by atoms with van der Waals surface area (Å²) in [6.45, 7) is 3.72. The van der Waals surface area contributed by atoms with Gasteiger partial charge >= 0.3 is 12.0 Å². The minimum absolute atomic E-state index is 0.105. The third-order valence-electron chi connectivity index (χ3n) is 4.70. The fraction of sp³-hybridized carbons (Fsp3) is 0.333. The van der Waals surface area contributed by atoms with Crippen molar-refractivity contribution in [2.45, 2.75) is 32.4 Å². The average molecular weight is 368 g/mol. The molecule has 0 saturated carbocycles. The second kappa shape index (κ2) is 8.58. The standard InChI is InChI=1S/C21H24N2O4/c1-15-2-8-18(9-3-15)27-19-10-12-23(13-11-19)21(26)22-14-16-4-6-17(7-5-16)20(24)25/h2-9,19H,10-14H2,1H3,(H,22,26)(H,24,25). The van der Waals surface area contributed by atoms with Crippen LogP contribution in [-0.4, -0.2) is 41.2 Å². The van der Waals surface area contributed by atoms with E-state index in [0.717, 1.165) is 24.2 Å². The Morgan fingerprint density at radius 2 is 1.70 bits per heavy atom. The number of amides is 2. The van der Waals surface area contributed by atoms with Crippen LogP contribution in [0.4, 0.5) is 4.79 Å². The molecule has 2 aromatic carbocycles. The maximum absolute atomic E-state index is 12.3. The highest BCUT2D eigenvalue weighted by Crippen LogP contribution is 2.19. The number of nitrogens with zero attached hydrogens (tertiary/aromatic N) is 1. The van der Waals surface area contributed by atoms with Crippen molar-refractivity contribution in [2.75, 3.05) is 13.1 Å². The third kappa shape index (κ3) is 5.23. The molecule has 27 heavy (non-hydrogen) atoms. The Balaban J connectivity index is 1.42. The summed E-state index contributed by atoms with van der Waals surface area (Å²) < 4.78 is 5.99. The van der Waals surface area contributed by atoms with E-state index < -0.39 is 5.97 Å². The lowest BCUT2D eigenvalue weighted by atomic mass is 10.1. The van der Waals surface area contributed by atoms with Gasteiger partial charge < -0.3 is 20.1 Å². The molecule has 142 valence electrons. The highest BCUT2D eigenvalue weighted by molar-refractivity contribution is 5.87. The monoisotopic (exact) mass is 368 g/mol. The van der Waals surface area contributed by atoms with E-state index in [1.807, 2.05) is 31.2 Å². The number of hydrogen-bond acceptors (Lipinski definition) is 3. The number of carboxylic acids is 1. The zero-order valence-corrected chi connectivity index (χ0v) is 15.4. The molecule has 1 saturated heterocycles. The lowest BCUT2D eigenvalue weighted by molar-refractivity contribution is 0.0696. The molecule has 0 aliphatic carbocycles. The Bertz CT molecular complexity index is 779. The van der Waals surface area contributed by atoms with E-state index >= 15 is 0 Å². The molecule has 2 aromatic rings. The van der Waals surface area contributed by atoms with E-state index in [4.69, 9.17) is 9.84 Å². The number of hydrogen-bond donors (Lipinski definition) is 2. The van der Waals surface area contributed by atoms with Gasteiger partial charge in [0.05, 0.1) is 5.56 Å². The minimum Gasteiger partial charge on any atom is -0.490 e. The van der Waals surface area contributed by atoms with Crippen molar-refractivity contribution in [1.82, 2.24) is 10.2 Å². The summed E-state index contributed by atoms with van der Waals surface area (Å²) in [6, 6.07) is 14.4. The number of benzene rings is 2. The van der Waals surface area contributed by atoms with Gasteiger partial charge in [-0.1, -0.05) is 29.8 Å². The number of nitrogens with one attached hydrogen (secondary N) is 1. The maximum atomic E-state index is 12.3. The summed E-state index contributed by atoms with van der Waals surface area (Å²) in [5, 5.41) is 11.8. The number of carbonyl (C=O) groups excluding carboxylic acids is 1. The van der Waals surface area contributed by atoms with Crippen LogP contribution in [0.5, 0.6) is 5.75 Å². The molecule has 1 aliphatic heterocycles. The van der Waals surface area contributed by atoms with Gasteiger partial charge in [-0.15, -0.1) is 0 Å². The number of piperidine rings is 1. The fourth-order valence-corrected chi connectivity index (χ4v) is 3.04. The van der Waals surface area contributed by atoms with Gasteiger partial charge in [-0.2, -0.15) is 0 Å². The van der Waals surface area contributed by atoms with Crippen LogP contribution in [0.25, 0.3) is 0 Å². The van der Waals surface area contributed by atoms with E-state index in [0.29, 0.717) is 19.6 Å². The molecule has 0 bridgehead atoms. The van der Waals surface area contributed by atoms with Gasteiger partial charge in [0.25, 0.3) is 0 Å². The molecule has 1 heterocycles. The maximum Gasteiger partial charge on any atom is 0.335 e. The molecule has 3 rings (SSSR count). The smallest absolute Gasteiger partial charge is 0.335 e. The molecule has 0 atom stereocenters. The van der Waals surface area contributed by atoms with E-state index in [-0.39, 0.29) is 17.7 Å². The van der Waals surface area contributed by atoms with E-state index in [9.17, 15) is 9.59 Å². The number of likely N-dealkylation sites (tertiary alicyclic amines) is 1. The second-order valence-corrected chi connectivity index (χ2v) is 6.78. The lowest BCUT2D eigenvalue weighted by Crippen LogP contribution is -2.46. The first kappa shape index (κ1) is 18.8. The van der Waals surface area contributed by atoms with Crippen molar-refractivity contribution in [3.8, 4) is 5.75 Å². The van der Waals surface area contributed by atoms with Crippen LogP contribution in [0.3, 0.4) is 0 Å². The Morgan fingerprint density at radius 3 is 2.30 bits per heavy atom. The summed E-state index contributed by atoms with van der Waals surface area (Å²) in [5.41, 5.74) is 2.30. The normalized spacial score (nSPS) is 14.6. The van der Waals surface area contributed by atoms with E-state index in [2.05, 4.69) is 5.32 Å². The number of urea groups is 1. The molecule has 1 aliphatic rings. The molecule has 6 heteroatoms. The predicted octanol–water partition coefficient (Wildman–Crippen LogP) is 3.45. The Hall–Kier alpha value is -3.02. The van der Waals surface area contributed by atoms with Crippen molar-refractivity contribution < 1.29 is 19.4 Å². The largest absolute Gasteiger partial charge is 0.490 e. The molecule has 2 N–H and O–H groups in total. The van der Waals surface area contributed by atoms with Crippen LogP contribution in [0.1, 0.15) is 34.3 Å². The van der Waals surface area contributed by atoms with Crippen molar-refractivity contribution in [3.05, 3.63) is 65.2 Å². The highest BCUT2D eigenvalue weighted by Gasteiger charge is 2.23. The molecule has 1 fully saturated rings. The van der Waals surface area contributed by atoms with Crippen molar-refractivity contribution in [3.63, 3.8) is 0 Å². The molecule has 0 unspecified atom stereocenters. The second-order valence-electron chi connectivity index (χ2n) is 6.78. The van der Waals surface area contributed by atoms with Crippen LogP contribution < -0.4 is 10.1 Å². The van der Waals surface area contributed by atoms with Gasteiger partial charge in [-0.25, -0.2) is 9.59 Å². The SMILES string of the molecule is Cc1ccc(OC2CCN(C(=O)NCc3ccc(C(=O)O)cc3)CC2)cc1. The lowest BCUT2D eigenvalue weighted by Gasteiger charge is -2.32. The van der Waals surface area contributed by atoms with E-state index in [1.54, 1.807) is 17.0 Å². The fourth-order valence-electron chi connectivity index (χ4n) is 3.04. The molecule has 2 amide bonds. The van der Waals surface area contributed by atoms with Crippen molar-refractivity contribution in [1.29, 1.82) is 0 Å². The Labute approximate surface area is 158 Å². The molecule has 0 spiro atoms. The van der Waals surface area contributed by atoms with E-state index in [1.165, 1.54) is 17.7 Å². The van der Waals surface area contributed by atoms with Crippen LogP contribution >= 0.6 is 0 Å².